The van der Waals surface area contributed by atoms with Crippen molar-refractivity contribution in [1.82, 2.24) is 0 Å². The number of benzene rings is 2. The number of rotatable bonds is 6. The number of carbonyl (C=O) groups excluding carboxylic acids is 2. The van der Waals surface area contributed by atoms with Crippen LogP contribution in [-0.4, -0.2) is 31.9 Å². The molecule has 3 rings (SSSR count). The van der Waals surface area contributed by atoms with E-state index in [0.29, 0.717) is 21.5 Å². The summed E-state index contributed by atoms with van der Waals surface area (Å²) in [5, 5.41) is 1.10. The Labute approximate surface area is 191 Å². The van der Waals surface area contributed by atoms with Crippen molar-refractivity contribution < 1.29 is 27.5 Å². The molecule has 1 fully saturated rings. The van der Waals surface area contributed by atoms with Crippen LogP contribution in [0.2, 0.25) is 10.0 Å². The fraction of sp³-hybridized carbons (Fsp3) is 0.364. The monoisotopic (exact) mass is 484 g/mol. The summed E-state index contributed by atoms with van der Waals surface area (Å²) in [6, 6.07) is 9.65. The van der Waals surface area contributed by atoms with Crippen LogP contribution in [0, 0.1) is 25.7 Å². The standard InChI is InChI=1S/C22H22Cl2O6S/c1-13-7-17(3-5-19(13)23)29-21(25)9-15-11-31(27,28)12-16(15)10-22(26)30-18-4-6-20(24)14(2)8-18/h3-8,15-16H,9-12H2,1-2H3/t15-,16+. The lowest BCUT2D eigenvalue weighted by Crippen LogP contribution is -2.23. The molecule has 9 heteroatoms. The minimum absolute atomic E-state index is 0.112. The van der Waals surface area contributed by atoms with Gasteiger partial charge >= 0.3 is 11.9 Å². The molecule has 0 N–H and O–H groups in total. The van der Waals surface area contributed by atoms with Crippen LogP contribution in [0.1, 0.15) is 24.0 Å². The van der Waals surface area contributed by atoms with Gasteiger partial charge in [0, 0.05) is 10.0 Å². The molecule has 0 saturated carbocycles. The lowest BCUT2D eigenvalue weighted by Gasteiger charge is -2.17. The molecule has 0 radical (unpaired) electrons. The molecular weight excluding hydrogens is 463 g/mol. The summed E-state index contributed by atoms with van der Waals surface area (Å²) in [4.78, 5) is 24.8. The van der Waals surface area contributed by atoms with Gasteiger partial charge in [0.05, 0.1) is 24.3 Å². The second-order valence-corrected chi connectivity index (χ2v) is 10.7. The second-order valence-electron chi connectivity index (χ2n) is 7.78. The van der Waals surface area contributed by atoms with Crippen LogP contribution in [0.15, 0.2) is 36.4 Å². The molecule has 2 atom stereocenters. The number of aryl methyl sites for hydroxylation is 2. The molecule has 166 valence electrons. The number of hydrogen-bond donors (Lipinski definition) is 0. The van der Waals surface area contributed by atoms with Crippen LogP contribution in [0.25, 0.3) is 0 Å². The molecule has 0 unspecified atom stereocenters. The van der Waals surface area contributed by atoms with Gasteiger partial charge < -0.3 is 9.47 Å². The third-order valence-corrected chi connectivity index (χ3v) is 7.90. The third-order valence-electron chi connectivity index (χ3n) is 5.18. The highest BCUT2D eigenvalue weighted by atomic mass is 35.5. The largest absolute Gasteiger partial charge is 0.427 e. The van der Waals surface area contributed by atoms with E-state index in [-0.39, 0.29) is 24.3 Å². The van der Waals surface area contributed by atoms with Gasteiger partial charge in [0.25, 0.3) is 0 Å². The summed E-state index contributed by atoms with van der Waals surface area (Å²) < 4.78 is 35.0. The maximum atomic E-state index is 12.4. The van der Waals surface area contributed by atoms with Crippen molar-refractivity contribution in [2.24, 2.45) is 11.8 Å². The van der Waals surface area contributed by atoms with Gasteiger partial charge in [-0.15, -0.1) is 0 Å². The number of sulfone groups is 1. The lowest BCUT2D eigenvalue weighted by atomic mass is 9.90. The molecule has 6 nitrogen and oxygen atoms in total. The molecule has 2 aromatic rings. The molecular formula is C22H22Cl2O6S. The molecule has 2 aromatic carbocycles. The third kappa shape index (κ3) is 6.45. The number of hydrogen-bond acceptors (Lipinski definition) is 6. The first-order valence-electron chi connectivity index (χ1n) is 9.66. The van der Waals surface area contributed by atoms with E-state index in [4.69, 9.17) is 32.7 Å². The van der Waals surface area contributed by atoms with Crippen molar-refractivity contribution in [3.8, 4) is 11.5 Å². The van der Waals surface area contributed by atoms with Gasteiger partial charge in [-0.05, 0) is 73.2 Å². The van der Waals surface area contributed by atoms with Crippen molar-refractivity contribution in [2.75, 3.05) is 11.5 Å². The predicted molar refractivity (Wildman–Crippen MR) is 119 cm³/mol. The van der Waals surface area contributed by atoms with Gasteiger partial charge in [-0.3, -0.25) is 9.59 Å². The van der Waals surface area contributed by atoms with Crippen molar-refractivity contribution in [1.29, 1.82) is 0 Å². The lowest BCUT2D eigenvalue weighted by molar-refractivity contribution is -0.138. The first-order chi connectivity index (χ1) is 14.5. The number of halogens is 2. The van der Waals surface area contributed by atoms with Crippen molar-refractivity contribution >= 4 is 45.0 Å². The van der Waals surface area contributed by atoms with E-state index in [1.165, 1.54) is 0 Å². The summed E-state index contributed by atoms with van der Waals surface area (Å²) in [6.45, 7) is 3.57. The van der Waals surface area contributed by atoms with Crippen molar-refractivity contribution in [2.45, 2.75) is 26.7 Å². The highest BCUT2D eigenvalue weighted by Gasteiger charge is 2.40. The molecule has 1 saturated heterocycles. The van der Waals surface area contributed by atoms with Gasteiger partial charge in [0.2, 0.25) is 0 Å². The van der Waals surface area contributed by atoms with E-state index < -0.39 is 33.6 Å². The maximum Gasteiger partial charge on any atom is 0.311 e. The summed E-state index contributed by atoms with van der Waals surface area (Å²) >= 11 is 11.9. The number of ether oxygens (including phenoxy) is 2. The minimum Gasteiger partial charge on any atom is -0.427 e. The summed E-state index contributed by atoms with van der Waals surface area (Å²) in [5.41, 5.74) is 1.52. The van der Waals surface area contributed by atoms with E-state index >= 15 is 0 Å². The minimum atomic E-state index is -3.36. The van der Waals surface area contributed by atoms with E-state index in [1.807, 2.05) is 0 Å². The Balaban J connectivity index is 1.63. The zero-order valence-electron chi connectivity index (χ0n) is 17.1. The van der Waals surface area contributed by atoms with E-state index in [2.05, 4.69) is 0 Å². The van der Waals surface area contributed by atoms with Crippen LogP contribution >= 0.6 is 23.2 Å². The number of carbonyl (C=O) groups is 2. The average molecular weight is 485 g/mol. The Morgan fingerprint density at radius 3 is 1.58 bits per heavy atom. The topological polar surface area (TPSA) is 86.7 Å². The fourth-order valence-electron chi connectivity index (χ4n) is 3.58. The smallest absolute Gasteiger partial charge is 0.311 e. The molecule has 0 aliphatic carbocycles. The van der Waals surface area contributed by atoms with Gasteiger partial charge in [0.15, 0.2) is 9.84 Å². The SMILES string of the molecule is Cc1cc(OC(=O)C[C@@H]2CS(=O)(=O)C[C@@H]2CC(=O)Oc2ccc(Cl)c(C)c2)ccc1Cl. The molecule has 0 bridgehead atoms. The number of esters is 2. The van der Waals surface area contributed by atoms with Crippen LogP contribution in [0.5, 0.6) is 11.5 Å². The van der Waals surface area contributed by atoms with E-state index in [0.717, 1.165) is 11.1 Å². The molecule has 0 aromatic heterocycles. The van der Waals surface area contributed by atoms with Crippen molar-refractivity contribution in [3.63, 3.8) is 0 Å². The van der Waals surface area contributed by atoms with Gasteiger partial charge in [-0.25, -0.2) is 8.42 Å². The molecule has 31 heavy (non-hydrogen) atoms. The van der Waals surface area contributed by atoms with Gasteiger partial charge in [0.1, 0.15) is 11.5 Å². The summed E-state index contributed by atoms with van der Waals surface area (Å²) in [6.07, 6.45) is -0.224. The van der Waals surface area contributed by atoms with Crippen molar-refractivity contribution in [3.05, 3.63) is 57.6 Å². The Bertz CT molecular complexity index is 1030. The van der Waals surface area contributed by atoms with Gasteiger partial charge in [-0.2, -0.15) is 0 Å². The maximum absolute atomic E-state index is 12.4. The Kier molecular flexibility index (Phi) is 7.29. The zero-order valence-corrected chi connectivity index (χ0v) is 19.4. The first kappa shape index (κ1) is 23.6. The van der Waals surface area contributed by atoms with E-state index in [1.54, 1.807) is 50.2 Å². The quantitative estimate of drug-likeness (QED) is 0.441. The predicted octanol–water partition coefficient (Wildman–Crippen LogP) is 4.56. The Morgan fingerprint density at radius 1 is 0.839 bits per heavy atom. The highest BCUT2D eigenvalue weighted by Crippen LogP contribution is 2.32. The fourth-order valence-corrected chi connectivity index (χ4v) is 6.04. The Hall–Kier alpha value is -2.09. The van der Waals surface area contributed by atoms with Crippen LogP contribution < -0.4 is 9.47 Å². The average Bonchev–Trinajstić information content (AvgIpc) is 2.94. The highest BCUT2D eigenvalue weighted by molar-refractivity contribution is 7.91. The molecule has 1 heterocycles. The zero-order chi connectivity index (χ0) is 22.8. The normalized spacial score (nSPS) is 19.7. The van der Waals surface area contributed by atoms with Gasteiger partial charge in [-0.1, -0.05) is 23.2 Å². The van der Waals surface area contributed by atoms with E-state index in [9.17, 15) is 18.0 Å². The molecule has 0 amide bonds. The molecule has 1 aliphatic rings. The summed E-state index contributed by atoms with van der Waals surface area (Å²) in [5.74, 6) is -1.83. The first-order valence-corrected chi connectivity index (χ1v) is 12.2. The van der Waals surface area contributed by atoms with Crippen LogP contribution in [0.4, 0.5) is 0 Å². The second kappa shape index (κ2) is 9.59. The van der Waals surface area contributed by atoms with Crippen LogP contribution in [0.3, 0.4) is 0 Å². The molecule has 0 spiro atoms. The summed E-state index contributed by atoms with van der Waals surface area (Å²) in [7, 11) is -3.36. The molecule has 1 aliphatic heterocycles. The Morgan fingerprint density at radius 2 is 1.23 bits per heavy atom. The van der Waals surface area contributed by atoms with Crippen LogP contribution in [-0.2, 0) is 19.4 Å².